The van der Waals surface area contributed by atoms with Gasteiger partial charge in [-0.3, -0.25) is 4.90 Å². The van der Waals surface area contributed by atoms with E-state index in [1.54, 1.807) is 0 Å². The highest BCUT2D eigenvalue weighted by molar-refractivity contribution is 14.0. The lowest BCUT2D eigenvalue weighted by Gasteiger charge is -2.34. The van der Waals surface area contributed by atoms with Gasteiger partial charge in [0.1, 0.15) is 12.4 Å². The van der Waals surface area contributed by atoms with E-state index in [0.29, 0.717) is 18.5 Å². The Hall–Kier alpha value is -0.940. The zero-order valence-electron chi connectivity index (χ0n) is 18.4. The van der Waals surface area contributed by atoms with Crippen LogP contribution in [-0.4, -0.2) is 70.6 Å². The van der Waals surface area contributed by atoms with Crippen molar-refractivity contribution in [3.63, 3.8) is 0 Å². The molecule has 1 aromatic heterocycles. The number of hydrogen-bond acceptors (Lipinski definition) is 5. The Labute approximate surface area is 192 Å². The van der Waals surface area contributed by atoms with Gasteiger partial charge in [-0.1, -0.05) is 26.7 Å². The lowest BCUT2D eigenvalue weighted by atomic mass is 10.2. The predicted molar refractivity (Wildman–Crippen MR) is 127 cm³/mol. The van der Waals surface area contributed by atoms with Crippen LogP contribution in [0.3, 0.4) is 0 Å². The van der Waals surface area contributed by atoms with E-state index < -0.39 is 0 Å². The molecule has 1 saturated heterocycles. The van der Waals surface area contributed by atoms with Gasteiger partial charge < -0.3 is 19.9 Å². The maximum Gasteiger partial charge on any atom is 0.192 e. The highest BCUT2D eigenvalue weighted by Crippen LogP contribution is 2.17. The molecule has 0 amide bonds. The van der Waals surface area contributed by atoms with Gasteiger partial charge in [0.25, 0.3) is 0 Å². The van der Waals surface area contributed by atoms with Crippen LogP contribution in [-0.2, 0) is 18.3 Å². The molecule has 2 heterocycles. The highest BCUT2D eigenvalue weighted by Gasteiger charge is 2.22. The molecule has 8 nitrogen and oxygen atoms in total. The van der Waals surface area contributed by atoms with Crippen LogP contribution in [0.1, 0.15) is 51.2 Å². The molecule has 1 atom stereocenters. The quantitative estimate of drug-likeness (QED) is 0.326. The molecule has 9 heteroatoms. The van der Waals surface area contributed by atoms with Crippen LogP contribution in [0.15, 0.2) is 4.99 Å². The third kappa shape index (κ3) is 7.67. The van der Waals surface area contributed by atoms with Crippen molar-refractivity contribution in [3.05, 3.63) is 11.6 Å². The number of nitrogens with one attached hydrogen (secondary N) is 2. The molecule has 0 spiro atoms. The summed E-state index contributed by atoms with van der Waals surface area (Å²) in [7, 11) is 1.98. The van der Waals surface area contributed by atoms with E-state index in [0.717, 1.165) is 50.4 Å². The summed E-state index contributed by atoms with van der Waals surface area (Å²) in [5.41, 5.74) is 0. The Balaban J connectivity index is 0.00000300. The van der Waals surface area contributed by atoms with Crippen LogP contribution in [0.2, 0.25) is 0 Å². The number of morpholine rings is 1. The van der Waals surface area contributed by atoms with Crippen LogP contribution < -0.4 is 10.6 Å². The van der Waals surface area contributed by atoms with Gasteiger partial charge in [-0.25, -0.2) is 4.99 Å². The minimum Gasteiger partial charge on any atom is -0.374 e. The molecule has 3 rings (SSSR count). The van der Waals surface area contributed by atoms with Gasteiger partial charge in [0.15, 0.2) is 11.8 Å². The van der Waals surface area contributed by atoms with Crippen LogP contribution in [0.4, 0.5) is 0 Å². The summed E-state index contributed by atoms with van der Waals surface area (Å²) in [4.78, 5) is 7.29. The van der Waals surface area contributed by atoms with Crippen molar-refractivity contribution in [3.8, 4) is 0 Å². The third-order valence-corrected chi connectivity index (χ3v) is 5.60. The number of rotatable bonds is 7. The van der Waals surface area contributed by atoms with Crippen molar-refractivity contribution in [1.82, 2.24) is 30.3 Å². The Kier molecular flexibility index (Phi) is 10.1. The Morgan fingerprint density at radius 2 is 2.03 bits per heavy atom. The second-order valence-corrected chi connectivity index (χ2v) is 8.54. The number of nitrogens with zero attached hydrogens (tertiary/aromatic N) is 5. The number of aromatic nitrogens is 3. The topological polar surface area (TPSA) is 79.6 Å². The van der Waals surface area contributed by atoms with Crippen molar-refractivity contribution >= 4 is 29.9 Å². The van der Waals surface area contributed by atoms with Crippen molar-refractivity contribution in [2.24, 2.45) is 18.0 Å². The summed E-state index contributed by atoms with van der Waals surface area (Å²) in [5.74, 6) is 3.33. The van der Waals surface area contributed by atoms with Crippen LogP contribution in [0.25, 0.3) is 0 Å². The summed E-state index contributed by atoms with van der Waals surface area (Å²) in [5, 5.41) is 15.5. The number of guanidine groups is 1. The fraction of sp³-hybridized carbons (Fsp3) is 0.850. The zero-order chi connectivity index (χ0) is 19.9. The Morgan fingerprint density at radius 1 is 1.28 bits per heavy atom. The van der Waals surface area contributed by atoms with Crippen LogP contribution in [0.5, 0.6) is 0 Å². The molecule has 2 aliphatic rings. The molecule has 166 valence electrons. The van der Waals surface area contributed by atoms with E-state index >= 15 is 0 Å². The first kappa shape index (κ1) is 24.3. The summed E-state index contributed by atoms with van der Waals surface area (Å²) in [6.45, 7) is 11.7. The SMILES string of the molecule is Cc1nnc(CN=C(NCC2CN(CC(C)C)CCO2)NC2CCCC2)n1C.I. The van der Waals surface area contributed by atoms with Crippen molar-refractivity contribution in [2.75, 3.05) is 32.8 Å². The maximum atomic E-state index is 5.98. The van der Waals surface area contributed by atoms with Crippen molar-refractivity contribution in [2.45, 2.75) is 65.1 Å². The summed E-state index contributed by atoms with van der Waals surface area (Å²) in [6, 6.07) is 0.511. The minimum atomic E-state index is 0. The van der Waals surface area contributed by atoms with Gasteiger partial charge in [-0.2, -0.15) is 0 Å². The molecule has 1 aromatic rings. The molecule has 2 N–H and O–H groups in total. The number of halogens is 1. The third-order valence-electron chi connectivity index (χ3n) is 5.60. The summed E-state index contributed by atoms with van der Waals surface area (Å²) >= 11 is 0. The molecular weight excluding hydrogens is 481 g/mol. The molecule has 1 aliphatic heterocycles. The largest absolute Gasteiger partial charge is 0.374 e. The van der Waals surface area contributed by atoms with Gasteiger partial charge in [0.2, 0.25) is 0 Å². The molecule has 1 unspecified atom stereocenters. The zero-order valence-corrected chi connectivity index (χ0v) is 20.7. The first-order chi connectivity index (χ1) is 13.5. The first-order valence-electron chi connectivity index (χ1n) is 10.7. The van der Waals surface area contributed by atoms with E-state index in [1.807, 2.05) is 18.5 Å². The Morgan fingerprint density at radius 3 is 2.69 bits per heavy atom. The lowest BCUT2D eigenvalue weighted by molar-refractivity contribution is -0.0284. The van der Waals surface area contributed by atoms with Crippen LogP contribution in [0, 0.1) is 12.8 Å². The van der Waals surface area contributed by atoms with E-state index in [2.05, 4.69) is 39.6 Å². The smallest absolute Gasteiger partial charge is 0.192 e. The van der Waals surface area contributed by atoms with Gasteiger partial charge >= 0.3 is 0 Å². The van der Waals surface area contributed by atoms with Crippen molar-refractivity contribution in [1.29, 1.82) is 0 Å². The number of hydrogen-bond donors (Lipinski definition) is 2. The van der Waals surface area contributed by atoms with E-state index in [1.165, 1.54) is 25.7 Å². The molecule has 1 aliphatic carbocycles. The lowest BCUT2D eigenvalue weighted by Crippen LogP contribution is -2.51. The van der Waals surface area contributed by atoms with Gasteiger partial charge in [0.05, 0.1) is 12.7 Å². The molecule has 0 aromatic carbocycles. The first-order valence-corrected chi connectivity index (χ1v) is 10.7. The normalized spacial score (nSPS) is 21.4. The molecule has 0 bridgehead atoms. The molecule has 29 heavy (non-hydrogen) atoms. The fourth-order valence-corrected chi connectivity index (χ4v) is 3.95. The maximum absolute atomic E-state index is 5.98. The standard InChI is InChI=1S/C20H37N7O.HI/c1-15(2)13-27-9-10-28-18(14-27)11-21-20(23-17-7-5-6-8-17)22-12-19-25-24-16(3)26(19)4;/h15,17-18H,5-14H2,1-4H3,(H2,21,22,23);1H. The number of ether oxygens (including phenoxy) is 1. The van der Waals surface area contributed by atoms with Gasteiger partial charge in [-0.15, -0.1) is 34.2 Å². The average Bonchev–Trinajstić information content (AvgIpc) is 3.28. The van der Waals surface area contributed by atoms with E-state index in [-0.39, 0.29) is 30.1 Å². The van der Waals surface area contributed by atoms with Gasteiger partial charge in [0, 0.05) is 39.3 Å². The van der Waals surface area contributed by atoms with Gasteiger partial charge in [-0.05, 0) is 25.7 Å². The molecule has 0 radical (unpaired) electrons. The van der Waals surface area contributed by atoms with E-state index in [4.69, 9.17) is 9.73 Å². The van der Waals surface area contributed by atoms with E-state index in [9.17, 15) is 0 Å². The molecular formula is C20H38IN7O. The highest BCUT2D eigenvalue weighted by atomic mass is 127. The fourth-order valence-electron chi connectivity index (χ4n) is 3.95. The average molecular weight is 519 g/mol. The molecule has 2 fully saturated rings. The molecule has 1 saturated carbocycles. The predicted octanol–water partition coefficient (Wildman–Crippen LogP) is 2.08. The number of aryl methyl sites for hydroxylation is 1. The second kappa shape index (κ2) is 12.0. The van der Waals surface area contributed by atoms with Crippen molar-refractivity contribution < 1.29 is 4.74 Å². The summed E-state index contributed by atoms with van der Waals surface area (Å²) < 4.78 is 7.97. The monoisotopic (exact) mass is 519 g/mol. The Bertz CT molecular complexity index is 643. The minimum absolute atomic E-state index is 0. The van der Waals surface area contributed by atoms with Crippen LogP contribution >= 0.6 is 24.0 Å². The number of aliphatic imine (C=N–C) groups is 1. The summed E-state index contributed by atoms with van der Waals surface area (Å²) in [6.07, 6.45) is 5.21. The second-order valence-electron chi connectivity index (χ2n) is 8.54.